The van der Waals surface area contributed by atoms with Crippen molar-refractivity contribution >= 4 is 23.1 Å². The first kappa shape index (κ1) is 15.3. The predicted octanol–water partition coefficient (Wildman–Crippen LogP) is 4.77. The van der Waals surface area contributed by atoms with E-state index < -0.39 is 0 Å². The van der Waals surface area contributed by atoms with Crippen LogP contribution in [0.5, 0.6) is 0 Å². The molecular weight excluding hydrogens is 216 g/mol. The SMILES string of the molecule is [C-]1=C(C2=[C-]CCCCCC2)CCCCCC1.[Mg+2]. The minimum absolute atomic E-state index is 0. The largest absolute Gasteiger partial charge is 2.00 e. The molecule has 1 heteroatoms. The van der Waals surface area contributed by atoms with Gasteiger partial charge < -0.3 is 23.3 Å². The summed E-state index contributed by atoms with van der Waals surface area (Å²) in [6, 6.07) is 0. The van der Waals surface area contributed by atoms with Gasteiger partial charge in [0.05, 0.1) is 0 Å². The van der Waals surface area contributed by atoms with E-state index in [2.05, 4.69) is 12.2 Å². The van der Waals surface area contributed by atoms with Gasteiger partial charge in [0.15, 0.2) is 0 Å². The van der Waals surface area contributed by atoms with Crippen LogP contribution in [0.3, 0.4) is 0 Å². The quantitative estimate of drug-likeness (QED) is 0.457. The molecule has 2 rings (SSSR count). The maximum Gasteiger partial charge on any atom is 2.00 e. The maximum atomic E-state index is 3.66. The Morgan fingerprint density at radius 3 is 1.41 bits per heavy atom. The van der Waals surface area contributed by atoms with Crippen LogP contribution in [0, 0.1) is 12.2 Å². The van der Waals surface area contributed by atoms with Crippen molar-refractivity contribution in [2.75, 3.05) is 0 Å². The van der Waals surface area contributed by atoms with Crippen LogP contribution in [0.15, 0.2) is 11.1 Å². The molecule has 17 heavy (non-hydrogen) atoms. The molecule has 0 radical (unpaired) electrons. The van der Waals surface area contributed by atoms with E-state index in [1.807, 2.05) is 0 Å². The van der Waals surface area contributed by atoms with E-state index in [4.69, 9.17) is 0 Å². The van der Waals surface area contributed by atoms with Gasteiger partial charge >= 0.3 is 23.1 Å². The Hall–Kier alpha value is 0.246. The van der Waals surface area contributed by atoms with Gasteiger partial charge in [0.2, 0.25) is 0 Å². The van der Waals surface area contributed by atoms with Crippen LogP contribution in [0.1, 0.15) is 77.0 Å². The van der Waals surface area contributed by atoms with Gasteiger partial charge in [-0.05, 0) is 0 Å². The van der Waals surface area contributed by atoms with Crippen molar-refractivity contribution < 1.29 is 0 Å². The van der Waals surface area contributed by atoms with Crippen LogP contribution in [-0.2, 0) is 0 Å². The van der Waals surface area contributed by atoms with Gasteiger partial charge in [-0.15, -0.1) is 25.7 Å². The summed E-state index contributed by atoms with van der Waals surface area (Å²) < 4.78 is 0. The molecule has 0 fully saturated rings. The van der Waals surface area contributed by atoms with Gasteiger partial charge in [0.1, 0.15) is 0 Å². The Bertz CT molecular complexity index is 235. The molecule has 2 aliphatic rings. The molecule has 0 aromatic rings. The van der Waals surface area contributed by atoms with Crippen molar-refractivity contribution in [3.63, 3.8) is 0 Å². The van der Waals surface area contributed by atoms with Gasteiger partial charge in [0.25, 0.3) is 0 Å². The summed E-state index contributed by atoms with van der Waals surface area (Å²) in [5.41, 5.74) is 3.06. The third kappa shape index (κ3) is 5.61. The van der Waals surface area contributed by atoms with Gasteiger partial charge in [-0.3, -0.25) is 0 Å². The first-order chi connectivity index (χ1) is 7.97. The van der Waals surface area contributed by atoms with Crippen LogP contribution in [-0.4, -0.2) is 23.1 Å². The normalized spacial score (nSPS) is 23.1. The molecule has 0 aromatic carbocycles. The van der Waals surface area contributed by atoms with Crippen molar-refractivity contribution in [1.29, 1.82) is 0 Å². The minimum atomic E-state index is 0. The molecule has 0 bridgehead atoms. The topological polar surface area (TPSA) is 0 Å². The van der Waals surface area contributed by atoms with Crippen LogP contribution in [0.25, 0.3) is 0 Å². The van der Waals surface area contributed by atoms with Gasteiger partial charge in [-0.2, -0.15) is 0 Å². The molecule has 0 saturated heterocycles. The summed E-state index contributed by atoms with van der Waals surface area (Å²) in [7, 11) is 0. The summed E-state index contributed by atoms with van der Waals surface area (Å²) in [6.45, 7) is 0. The van der Waals surface area contributed by atoms with Crippen LogP contribution in [0.2, 0.25) is 0 Å². The number of rotatable bonds is 1. The molecule has 0 saturated carbocycles. The molecule has 90 valence electrons. The van der Waals surface area contributed by atoms with Gasteiger partial charge in [-0.25, -0.2) is 0 Å². The summed E-state index contributed by atoms with van der Waals surface area (Å²) in [5, 5.41) is 0. The molecular formula is C16H24Mg. The van der Waals surface area contributed by atoms with Crippen LogP contribution >= 0.6 is 0 Å². The summed E-state index contributed by atoms with van der Waals surface area (Å²) in [4.78, 5) is 0. The van der Waals surface area contributed by atoms with Crippen molar-refractivity contribution in [2.45, 2.75) is 77.0 Å². The van der Waals surface area contributed by atoms with E-state index >= 15 is 0 Å². The Morgan fingerprint density at radius 1 is 0.529 bits per heavy atom. The van der Waals surface area contributed by atoms with Crippen molar-refractivity contribution in [3.8, 4) is 0 Å². The second kappa shape index (κ2) is 9.21. The van der Waals surface area contributed by atoms with E-state index in [-0.39, 0.29) is 23.1 Å². The summed E-state index contributed by atoms with van der Waals surface area (Å²) >= 11 is 0. The molecule has 0 aromatic heterocycles. The van der Waals surface area contributed by atoms with E-state index in [1.54, 1.807) is 0 Å². The molecule has 0 atom stereocenters. The van der Waals surface area contributed by atoms with Gasteiger partial charge in [0, 0.05) is 0 Å². The smallest absolute Gasteiger partial charge is 0.373 e. The fourth-order valence-corrected chi connectivity index (χ4v) is 2.73. The fraction of sp³-hybridized carbons (Fsp3) is 0.750. The van der Waals surface area contributed by atoms with E-state index in [0.29, 0.717) is 0 Å². The average molecular weight is 241 g/mol. The minimum Gasteiger partial charge on any atom is -0.373 e. The van der Waals surface area contributed by atoms with Crippen LogP contribution in [0.4, 0.5) is 0 Å². The van der Waals surface area contributed by atoms with E-state index in [0.717, 1.165) is 0 Å². The molecule has 0 spiro atoms. The molecule has 2 aliphatic carbocycles. The van der Waals surface area contributed by atoms with Crippen molar-refractivity contribution in [2.24, 2.45) is 0 Å². The Kier molecular flexibility index (Phi) is 8.29. The molecule has 0 N–H and O–H groups in total. The van der Waals surface area contributed by atoms with Crippen LogP contribution < -0.4 is 0 Å². The number of hydrogen-bond acceptors (Lipinski definition) is 0. The third-order valence-electron chi connectivity index (χ3n) is 3.75. The zero-order valence-electron chi connectivity index (χ0n) is 11.2. The standard InChI is InChI=1S/C16H24.Mg/c1-3-7-11-15(12-8-4-1)16-13-9-5-2-6-10-14-16;/h1-11,13H2;/q-2;+2. The average Bonchev–Trinajstić information content (AvgIpc) is 2.18. The first-order valence-corrected chi connectivity index (χ1v) is 7.16. The Morgan fingerprint density at radius 2 is 0.941 bits per heavy atom. The number of hydrogen-bond donors (Lipinski definition) is 0. The van der Waals surface area contributed by atoms with E-state index in [1.165, 1.54) is 88.2 Å². The number of allylic oxidation sites excluding steroid dienone is 4. The summed E-state index contributed by atoms with van der Waals surface area (Å²) in [6.07, 6.45) is 23.3. The van der Waals surface area contributed by atoms with Gasteiger partial charge in [-0.1, -0.05) is 51.4 Å². The van der Waals surface area contributed by atoms with E-state index in [9.17, 15) is 0 Å². The van der Waals surface area contributed by atoms with Crippen molar-refractivity contribution in [1.82, 2.24) is 0 Å². The monoisotopic (exact) mass is 240 g/mol. The zero-order chi connectivity index (χ0) is 11.1. The molecule has 0 amide bonds. The predicted molar refractivity (Wildman–Crippen MR) is 74.7 cm³/mol. The molecule has 0 unspecified atom stereocenters. The molecule has 0 heterocycles. The first-order valence-electron chi connectivity index (χ1n) is 7.16. The van der Waals surface area contributed by atoms with Crippen molar-refractivity contribution in [3.05, 3.63) is 23.3 Å². The zero-order valence-corrected chi connectivity index (χ0v) is 12.6. The molecule has 0 nitrogen and oxygen atoms in total. The molecule has 0 aliphatic heterocycles. The second-order valence-electron chi connectivity index (χ2n) is 5.14. The Labute approximate surface area is 123 Å². The third-order valence-corrected chi connectivity index (χ3v) is 3.75. The summed E-state index contributed by atoms with van der Waals surface area (Å²) in [5.74, 6) is 0. The second-order valence-corrected chi connectivity index (χ2v) is 5.14. The fourth-order valence-electron chi connectivity index (χ4n) is 2.73. The Balaban J connectivity index is 0.00000144. The maximum absolute atomic E-state index is 3.66.